The SMILES string of the molecule is CC1(C)CCN(c2ccc(=O)n(Cc3ccc(C#N)cc3)n2)CC1. The lowest BCUT2D eigenvalue weighted by molar-refractivity contribution is 0.278. The number of nitrogens with zero attached hydrogens (tertiary/aromatic N) is 4. The van der Waals surface area contributed by atoms with Gasteiger partial charge in [-0.3, -0.25) is 4.79 Å². The van der Waals surface area contributed by atoms with E-state index in [9.17, 15) is 4.79 Å². The van der Waals surface area contributed by atoms with Gasteiger partial charge in [0.25, 0.3) is 5.56 Å². The molecule has 0 bridgehead atoms. The highest BCUT2D eigenvalue weighted by atomic mass is 16.1. The molecule has 0 aliphatic carbocycles. The summed E-state index contributed by atoms with van der Waals surface area (Å²) in [6.07, 6.45) is 2.26. The van der Waals surface area contributed by atoms with Gasteiger partial charge >= 0.3 is 0 Å². The predicted octanol–water partition coefficient (Wildman–Crippen LogP) is 2.79. The molecular weight excluding hydrogens is 300 g/mol. The van der Waals surface area contributed by atoms with Crippen molar-refractivity contribution in [3.8, 4) is 6.07 Å². The Hall–Kier alpha value is -2.61. The maximum absolute atomic E-state index is 12.1. The van der Waals surface area contributed by atoms with Crippen LogP contribution in [0.1, 0.15) is 37.8 Å². The molecule has 5 nitrogen and oxygen atoms in total. The molecule has 0 amide bonds. The first-order valence-corrected chi connectivity index (χ1v) is 8.29. The molecule has 1 aromatic heterocycles. The Morgan fingerprint density at radius 3 is 2.42 bits per heavy atom. The van der Waals surface area contributed by atoms with Crippen molar-refractivity contribution >= 4 is 5.82 Å². The summed E-state index contributed by atoms with van der Waals surface area (Å²) >= 11 is 0. The standard InChI is InChI=1S/C19H22N4O/c1-19(2)9-11-22(12-10-19)17-7-8-18(24)23(21-17)14-16-5-3-15(13-20)4-6-16/h3-8H,9-12,14H2,1-2H3. The van der Waals surface area contributed by atoms with Crippen LogP contribution in [0, 0.1) is 16.7 Å². The lowest BCUT2D eigenvalue weighted by Crippen LogP contribution is -2.39. The van der Waals surface area contributed by atoms with E-state index in [0.29, 0.717) is 17.5 Å². The Morgan fingerprint density at radius 1 is 1.12 bits per heavy atom. The van der Waals surface area contributed by atoms with Gasteiger partial charge in [-0.1, -0.05) is 26.0 Å². The molecule has 2 aromatic rings. The van der Waals surface area contributed by atoms with Crippen LogP contribution in [0.5, 0.6) is 0 Å². The summed E-state index contributed by atoms with van der Waals surface area (Å²) in [6, 6.07) is 12.8. The van der Waals surface area contributed by atoms with Gasteiger partial charge in [-0.2, -0.15) is 10.4 Å². The lowest BCUT2D eigenvalue weighted by Gasteiger charge is -2.37. The Bertz CT molecular complexity index is 804. The summed E-state index contributed by atoms with van der Waals surface area (Å²) in [7, 11) is 0. The van der Waals surface area contributed by atoms with Gasteiger partial charge in [0, 0.05) is 19.2 Å². The smallest absolute Gasteiger partial charge is 0.267 e. The Morgan fingerprint density at radius 2 is 1.79 bits per heavy atom. The zero-order valence-electron chi connectivity index (χ0n) is 14.2. The molecule has 124 valence electrons. The lowest BCUT2D eigenvalue weighted by atomic mass is 9.83. The zero-order chi connectivity index (χ0) is 17.2. The van der Waals surface area contributed by atoms with Gasteiger partial charge in [-0.15, -0.1) is 0 Å². The van der Waals surface area contributed by atoms with Gasteiger partial charge in [0.05, 0.1) is 18.2 Å². The molecule has 1 aliphatic heterocycles. The number of hydrogen-bond acceptors (Lipinski definition) is 4. The maximum Gasteiger partial charge on any atom is 0.267 e. The van der Waals surface area contributed by atoms with Crippen molar-refractivity contribution in [2.24, 2.45) is 5.41 Å². The van der Waals surface area contributed by atoms with Crippen LogP contribution in [0.4, 0.5) is 5.82 Å². The summed E-state index contributed by atoms with van der Waals surface area (Å²) in [5.41, 5.74) is 1.85. The number of aromatic nitrogens is 2. The first-order valence-electron chi connectivity index (χ1n) is 8.29. The minimum atomic E-state index is -0.111. The molecule has 0 radical (unpaired) electrons. The van der Waals surface area contributed by atoms with Crippen molar-refractivity contribution in [3.63, 3.8) is 0 Å². The summed E-state index contributed by atoms with van der Waals surface area (Å²) in [5.74, 6) is 0.860. The Kier molecular flexibility index (Phi) is 4.39. The number of anilines is 1. The van der Waals surface area contributed by atoms with Gasteiger partial charge < -0.3 is 4.90 Å². The van der Waals surface area contributed by atoms with E-state index in [4.69, 9.17) is 5.26 Å². The van der Waals surface area contributed by atoms with Crippen molar-refractivity contribution in [3.05, 3.63) is 57.9 Å². The van der Waals surface area contributed by atoms with Gasteiger partial charge in [-0.25, -0.2) is 4.68 Å². The monoisotopic (exact) mass is 322 g/mol. The Labute approximate surface area is 142 Å². The second-order valence-electron chi connectivity index (χ2n) is 7.15. The topological polar surface area (TPSA) is 61.9 Å². The van der Waals surface area contributed by atoms with Crippen LogP contribution < -0.4 is 10.5 Å². The summed E-state index contributed by atoms with van der Waals surface area (Å²) < 4.78 is 1.50. The van der Waals surface area contributed by atoms with Crippen LogP contribution in [0.25, 0.3) is 0 Å². The van der Waals surface area contributed by atoms with E-state index in [2.05, 4.69) is 29.9 Å². The number of piperidine rings is 1. The highest BCUT2D eigenvalue weighted by Crippen LogP contribution is 2.31. The van der Waals surface area contributed by atoms with E-state index < -0.39 is 0 Å². The predicted molar refractivity (Wildman–Crippen MR) is 94.0 cm³/mol. The van der Waals surface area contributed by atoms with E-state index in [1.54, 1.807) is 18.2 Å². The molecule has 0 N–H and O–H groups in total. The van der Waals surface area contributed by atoms with E-state index in [1.165, 1.54) is 4.68 Å². The summed E-state index contributed by atoms with van der Waals surface area (Å²) in [5, 5.41) is 13.4. The van der Waals surface area contributed by atoms with Crippen molar-refractivity contribution in [2.75, 3.05) is 18.0 Å². The number of nitriles is 1. The average molecular weight is 322 g/mol. The minimum Gasteiger partial charge on any atom is -0.355 e. The number of benzene rings is 1. The molecule has 3 rings (SSSR count). The van der Waals surface area contributed by atoms with Crippen LogP contribution in [-0.2, 0) is 6.54 Å². The van der Waals surface area contributed by atoms with Crippen molar-refractivity contribution in [1.82, 2.24) is 9.78 Å². The Balaban J connectivity index is 1.79. The van der Waals surface area contributed by atoms with Crippen LogP contribution in [0.15, 0.2) is 41.2 Å². The second kappa shape index (κ2) is 6.48. The van der Waals surface area contributed by atoms with E-state index >= 15 is 0 Å². The van der Waals surface area contributed by atoms with Crippen LogP contribution >= 0.6 is 0 Å². The number of rotatable bonds is 3. The molecular formula is C19H22N4O. The van der Waals surface area contributed by atoms with Crippen LogP contribution in [0.3, 0.4) is 0 Å². The van der Waals surface area contributed by atoms with E-state index in [0.717, 1.165) is 37.3 Å². The molecule has 24 heavy (non-hydrogen) atoms. The minimum absolute atomic E-state index is 0.111. The van der Waals surface area contributed by atoms with Crippen molar-refractivity contribution in [1.29, 1.82) is 5.26 Å². The molecule has 1 aromatic carbocycles. The highest BCUT2D eigenvalue weighted by Gasteiger charge is 2.26. The summed E-state index contributed by atoms with van der Waals surface area (Å²) in [4.78, 5) is 14.4. The third-order valence-corrected chi connectivity index (χ3v) is 4.71. The molecule has 1 aliphatic rings. The first-order chi connectivity index (χ1) is 11.5. The molecule has 0 atom stereocenters. The highest BCUT2D eigenvalue weighted by molar-refractivity contribution is 5.37. The van der Waals surface area contributed by atoms with E-state index in [1.807, 2.05) is 18.2 Å². The van der Waals surface area contributed by atoms with Crippen molar-refractivity contribution < 1.29 is 0 Å². The fraction of sp³-hybridized carbons (Fsp3) is 0.421. The van der Waals surface area contributed by atoms with Crippen molar-refractivity contribution in [2.45, 2.75) is 33.2 Å². The first kappa shape index (κ1) is 16.3. The molecule has 1 saturated heterocycles. The fourth-order valence-corrected chi connectivity index (χ4v) is 2.92. The van der Waals surface area contributed by atoms with Gasteiger partial charge in [-0.05, 0) is 42.0 Å². The zero-order valence-corrected chi connectivity index (χ0v) is 14.2. The molecule has 0 spiro atoms. The van der Waals surface area contributed by atoms with Gasteiger partial charge in [0.15, 0.2) is 0 Å². The van der Waals surface area contributed by atoms with Gasteiger partial charge in [0.1, 0.15) is 5.82 Å². The summed E-state index contributed by atoms with van der Waals surface area (Å²) in [6.45, 7) is 6.94. The van der Waals surface area contributed by atoms with Crippen LogP contribution in [-0.4, -0.2) is 22.9 Å². The van der Waals surface area contributed by atoms with Gasteiger partial charge in [0.2, 0.25) is 0 Å². The largest absolute Gasteiger partial charge is 0.355 e. The molecule has 0 unspecified atom stereocenters. The molecule has 5 heteroatoms. The third-order valence-electron chi connectivity index (χ3n) is 4.71. The third kappa shape index (κ3) is 3.65. The normalized spacial score (nSPS) is 16.6. The second-order valence-corrected chi connectivity index (χ2v) is 7.15. The van der Waals surface area contributed by atoms with E-state index in [-0.39, 0.29) is 5.56 Å². The number of hydrogen-bond donors (Lipinski definition) is 0. The molecule has 0 saturated carbocycles. The molecule has 2 heterocycles. The fourth-order valence-electron chi connectivity index (χ4n) is 2.92. The average Bonchev–Trinajstić information content (AvgIpc) is 2.58. The van der Waals surface area contributed by atoms with Crippen LogP contribution in [0.2, 0.25) is 0 Å². The maximum atomic E-state index is 12.1. The quantitative estimate of drug-likeness (QED) is 0.872. The molecule has 1 fully saturated rings.